The highest BCUT2D eigenvalue weighted by atomic mass is 32.2. The van der Waals surface area contributed by atoms with Crippen molar-refractivity contribution in [3.8, 4) is 0 Å². The Morgan fingerprint density at radius 2 is 1.91 bits per heavy atom. The first kappa shape index (κ1) is 23.4. The highest BCUT2D eigenvalue weighted by molar-refractivity contribution is 8.18. The average molecular weight is 489 g/mol. The lowest BCUT2D eigenvalue weighted by atomic mass is 10.1. The fraction of sp³-hybridized carbons (Fsp3) is 0.296. The number of hydrogen-bond acceptors (Lipinski definition) is 5. The van der Waals surface area contributed by atoms with E-state index >= 15 is 0 Å². The lowest BCUT2D eigenvalue weighted by Gasteiger charge is -2.13. The monoisotopic (exact) mass is 488 g/mol. The SMILES string of the molecule is COCCNC(=O)Cn1c(C)c(/C=C2\SC(=Nc3ccccc3)N(C3CC3)C2=O)c2ccccc21. The van der Waals surface area contributed by atoms with E-state index in [1.165, 1.54) is 11.8 Å². The van der Waals surface area contributed by atoms with Gasteiger partial charge in [-0.2, -0.15) is 0 Å². The number of aromatic nitrogens is 1. The van der Waals surface area contributed by atoms with Crippen LogP contribution in [0.25, 0.3) is 17.0 Å². The Morgan fingerprint density at radius 3 is 2.66 bits per heavy atom. The molecule has 8 heteroatoms. The van der Waals surface area contributed by atoms with Crippen molar-refractivity contribution in [3.05, 3.63) is 70.8 Å². The number of carbonyl (C=O) groups is 2. The molecule has 1 aliphatic carbocycles. The van der Waals surface area contributed by atoms with E-state index in [0.717, 1.165) is 45.9 Å². The molecule has 2 fully saturated rings. The highest BCUT2D eigenvalue weighted by Crippen LogP contribution is 2.42. The number of amides is 2. The van der Waals surface area contributed by atoms with Crippen molar-refractivity contribution in [2.45, 2.75) is 32.4 Å². The molecule has 1 aromatic heterocycles. The number of rotatable bonds is 8. The number of benzene rings is 2. The van der Waals surface area contributed by atoms with Crippen molar-refractivity contribution >= 4 is 51.4 Å². The predicted molar refractivity (Wildman–Crippen MR) is 141 cm³/mol. The summed E-state index contributed by atoms with van der Waals surface area (Å²) in [6, 6.07) is 18.0. The quantitative estimate of drug-likeness (QED) is 0.375. The molecule has 0 atom stereocenters. The summed E-state index contributed by atoms with van der Waals surface area (Å²) in [5.41, 5.74) is 3.70. The third-order valence-corrected chi connectivity index (χ3v) is 7.20. The number of nitrogens with zero attached hydrogens (tertiary/aromatic N) is 3. The van der Waals surface area contributed by atoms with Crippen molar-refractivity contribution in [2.24, 2.45) is 4.99 Å². The summed E-state index contributed by atoms with van der Waals surface area (Å²) in [7, 11) is 1.61. The van der Waals surface area contributed by atoms with Crippen LogP contribution in [0.15, 0.2) is 64.5 Å². The van der Waals surface area contributed by atoms with E-state index in [4.69, 9.17) is 9.73 Å². The molecule has 0 unspecified atom stereocenters. The molecule has 35 heavy (non-hydrogen) atoms. The van der Waals surface area contributed by atoms with Gasteiger partial charge in [-0.1, -0.05) is 36.4 Å². The third-order valence-electron chi connectivity index (χ3n) is 6.22. The standard InChI is InChI=1S/C27H28N4O3S/c1-18-22(21-10-6-7-11-23(21)30(18)17-25(32)28-14-15-34-2)16-24-26(33)31(20-12-13-20)27(35-24)29-19-8-4-3-5-9-19/h3-11,16,20H,12-15,17H2,1-2H3,(H,28,32)/b24-16-,29-27?. The molecule has 0 radical (unpaired) electrons. The average Bonchev–Trinajstić information content (AvgIpc) is 3.61. The summed E-state index contributed by atoms with van der Waals surface area (Å²) in [5.74, 6) is -0.0747. The Kier molecular flexibility index (Phi) is 6.74. The van der Waals surface area contributed by atoms with E-state index in [-0.39, 0.29) is 24.4 Å². The first-order valence-corrected chi connectivity index (χ1v) is 12.6. The zero-order chi connectivity index (χ0) is 24.4. The van der Waals surface area contributed by atoms with E-state index in [0.29, 0.717) is 18.1 Å². The Bertz CT molecular complexity index is 1320. The van der Waals surface area contributed by atoms with Crippen LogP contribution in [-0.2, 0) is 20.9 Å². The largest absolute Gasteiger partial charge is 0.383 e. The maximum Gasteiger partial charge on any atom is 0.267 e. The van der Waals surface area contributed by atoms with Crippen molar-refractivity contribution < 1.29 is 14.3 Å². The molecule has 1 saturated carbocycles. The lowest BCUT2D eigenvalue weighted by Crippen LogP contribution is -2.31. The van der Waals surface area contributed by atoms with Crippen LogP contribution in [0.1, 0.15) is 24.1 Å². The molecule has 1 aliphatic heterocycles. The minimum absolute atomic E-state index is 0.000668. The molecule has 1 N–H and O–H groups in total. The van der Waals surface area contributed by atoms with Crippen LogP contribution >= 0.6 is 11.8 Å². The predicted octanol–water partition coefficient (Wildman–Crippen LogP) is 4.48. The summed E-state index contributed by atoms with van der Waals surface area (Å²) >= 11 is 1.42. The number of para-hydroxylation sites is 2. The number of methoxy groups -OCH3 is 1. The van der Waals surface area contributed by atoms with E-state index in [1.807, 2.05) is 77.1 Å². The van der Waals surface area contributed by atoms with Crippen molar-refractivity contribution in [1.82, 2.24) is 14.8 Å². The Labute approximate surface area is 208 Å². The second kappa shape index (κ2) is 10.1. The molecule has 2 aliphatic rings. The van der Waals surface area contributed by atoms with Crippen molar-refractivity contribution in [2.75, 3.05) is 20.3 Å². The first-order valence-electron chi connectivity index (χ1n) is 11.8. The fourth-order valence-electron chi connectivity index (χ4n) is 4.30. The Hall–Kier alpha value is -3.36. The van der Waals surface area contributed by atoms with Gasteiger partial charge in [-0.25, -0.2) is 4.99 Å². The van der Waals surface area contributed by atoms with E-state index in [2.05, 4.69) is 5.32 Å². The molecule has 0 bridgehead atoms. The topological polar surface area (TPSA) is 75.9 Å². The van der Waals surface area contributed by atoms with Gasteiger partial charge < -0.3 is 14.6 Å². The highest BCUT2D eigenvalue weighted by Gasteiger charge is 2.43. The number of thioether (sulfide) groups is 1. The van der Waals surface area contributed by atoms with Crippen LogP contribution in [0.5, 0.6) is 0 Å². The zero-order valence-corrected chi connectivity index (χ0v) is 20.7. The molecule has 0 spiro atoms. The summed E-state index contributed by atoms with van der Waals surface area (Å²) in [6.45, 7) is 3.14. The lowest BCUT2D eigenvalue weighted by molar-refractivity contribution is -0.123. The van der Waals surface area contributed by atoms with Gasteiger partial charge >= 0.3 is 0 Å². The molecule has 2 aromatic carbocycles. The van der Waals surface area contributed by atoms with Crippen LogP contribution in [0, 0.1) is 6.92 Å². The van der Waals surface area contributed by atoms with Gasteiger partial charge in [-0.05, 0) is 55.8 Å². The molecular formula is C27H28N4O3S. The summed E-state index contributed by atoms with van der Waals surface area (Å²) in [5, 5.41) is 4.63. The second-order valence-electron chi connectivity index (χ2n) is 8.69. The maximum absolute atomic E-state index is 13.4. The van der Waals surface area contributed by atoms with Gasteiger partial charge in [-0.15, -0.1) is 0 Å². The number of nitrogens with one attached hydrogen (secondary N) is 1. The first-order chi connectivity index (χ1) is 17.1. The van der Waals surface area contributed by atoms with Gasteiger partial charge in [-0.3, -0.25) is 14.5 Å². The second-order valence-corrected chi connectivity index (χ2v) is 9.70. The van der Waals surface area contributed by atoms with Crippen LogP contribution in [0.2, 0.25) is 0 Å². The van der Waals surface area contributed by atoms with E-state index in [1.54, 1.807) is 7.11 Å². The smallest absolute Gasteiger partial charge is 0.267 e. The number of fused-ring (bicyclic) bond motifs is 1. The number of ether oxygens (including phenoxy) is 1. The Morgan fingerprint density at radius 1 is 1.17 bits per heavy atom. The van der Waals surface area contributed by atoms with Gasteiger partial charge in [0.1, 0.15) is 6.54 Å². The van der Waals surface area contributed by atoms with Crippen molar-refractivity contribution in [1.29, 1.82) is 0 Å². The number of aliphatic imine (C=N–C) groups is 1. The van der Waals surface area contributed by atoms with Gasteiger partial charge in [0.2, 0.25) is 5.91 Å². The summed E-state index contributed by atoms with van der Waals surface area (Å²) < 4.78 is 7.03. The molecule has 2 amide bonds. The van der Waals surface area contributed by atoms with Crippen LogP contribution in [0.3, 0.4) is 0 Å². The normalized spacial score (nSPS) is 18.2. The van der Waals surface area contributed by atoms with Crippen LogP contribution in [-0.4, -0.2) is 52.8 Å². The molecule has 3 aromatic rings. The molecular weight excluding hydrogens is 460 g/mol. The van der Waals surface area contributed by atoms with Crippen LogP contribution in [0.4, 0.5) is 5.69 Å². The van der Waals surface area contributed by atoms with Crippen LogP contribution < -0.4 is 5.32 Å². The Balaban J connectivity index is 1.50. The van der Waals surface area contributed by atoms with Gasteiger partial charge in [0.25, 0.3) is 5.91 Å². The summed E-state index contributed by atoms with van der Waals surface area (Å²) in [4.78, 5) is 33.3. The number of amidine groups is 1. The number of hydrogen-bond donors (Lipinski definition) is 1. The summed E-state index contributed by atoms with van der Waals surface area (Å²) in [6.07, 6.45) is 3.97. The van der Waals surface area contributed by atoms with Gasteiger partial charge in [0.15, 0.2) is 5.17 Å². The molecule has 2 heterocycles. The van der Waals surface area contributed by atoms with Gasteiger partial charge in [0, 0.05) is 41.9 Å². The maximum atomic E-state index is 13.4. The minimum Gasteiger partial charge on any atom is -0.383 e. The number of carbonyl (C=O) groups excluding carboxylic acids is 2. The van der Waals surface area contributed by atoms with E-state index in [9.17, 15) is 9.59 Å². The minimum atomic E-state index is -0.0754. The van der Waals surface area contributed by atoms with E-state index < -0.39 is 0 Å². The zero-order valence-electron chi connectivity index (χ0n) is 19.9. The molecule has 180 valence electrons. The molecule has 1 saturated heterocycles. The van der Waals surface area contributed by atoms with Gasteiger partial charge in [0.05, 0.1) is 17.2 Å². The third kappa shape index (κ3) is 4.90. The van der Waals surface area contributed by atoms with Crippen molar-refractivity contribution in [3.63, 3.8) is 0 Å². The molecule has 5 rings (SSSR count). The molecule has 7 nitrogen and oxygen atoms in total. The fourth-order valence-corrected chi connectivity index (χ4v) is 5.34.